The first-order chi connectivity index (χ1) is 9.66. The number of rotatable bonds is 2. The number of hydrogen-bond donors (Lipinski definition) is 1. The van der Waals surface area contributed by atoms with Crippen LogP contribution in [0.5, 0.6) is 0 Å². The first-order valence-electron chi connectivity index (χ1n) is 6.24. The molecule has 0 spiro atoms. The number of benzene rings is 2. The standard InChI is InChI=1S/C16H12O4/c17-13-14(18)16(19)20-15(13)12-8-6-11(7-9-12)10-4-2-1-3-5-10/h1-9,14-15,18H/t14?,15-/m0/s1. The lowest BCUT2D eigenvalue weighted by molar-refractivity contribution is -0.147. The molecule has 0 bridgehead atoms. The van der Waals surface area contributed by atoms with Crippen molar-refractivity contribution in [1.29, 1.82) is 0 Å². The zero-order valence-corrected chi connectivity index (χ0v) is 10.5. The van der Waals surface area contributed by atoms with Gasteiger partial charge < -0.3 is 9.84 Å². The average molecular weight is 268 g/mol. The minimum atomic E-state index is -1.66. The molecule has 3 rings (SSSR count). The molecule has 0 aromatic heterocycles. The summed E-state index contributed by atoms with van der Waals surface area (Å²) in [7, 11) is 0. The smallest absolute Gasteiger partial charge is 0.344 e. The second-order valence-corrected chi connectivity index (χ2v) is 4.61. The van der Waals surface area contributed by atoms with Crippen LogP contribution < -0.4 is 0 Å². The maximum atomic E-state index is 11.7. The van der Waals surface area contributed by atoms with Gasteiger partial charge in [0, 0.05) is 5.56 Å². The third-order valence-corrected chi connectivity index (χ3v) is 3.31. The molecule has 1 saturated heterocycles. The van der Waals surface area contributed by atoms with E-state index < -0.39 is 24.0 Å². The summed E-state index contributed by atoms with van der Waals surface area (Å²) >= 11 is 0. The van der Waals surface area contributed by atoms with Crippen molar-refractivity contribution in [1.82, 2.24) is 0 Å². The molecule has 2 aromatic rings. The Morgan fingerprint density at radius 2 is 1.45 bits per heavy atom. The topological polar surface area (TPSA) is 63.6 Å². The van der Waals surface area contributed by atoms with Crippen molar-refractivity contribution in [2.75, 3.05) is 0 Å². The summed E-state index contributed by atoms with van der Waals surface area (Å²) in [6.45, 7) is 0. The molecule has 1 aliphatic heterocycles. The van der Waals surface area contributed by atoms with Gasteiger partial charge in [-0.15, -0.1) is 0 Å². The second kappa shape index (κ2) is 4.90. The number of cyclic esters (lactones) is 1. The summed E-state index contributed by atoms with van der Waals surface area (Å²) in [6, 6.07) is 17.0. The van der Waals surface area contributed by atoms with Crippen molar-refractivity contribution in [3.05, 3.63) is 60.2 Å². The first-order valence-corrected chi connectivity index (χ1v) is 6.24. The van der Waals surface area contributed by atoms with Gasteiger partial charge in [-0.2, -0.15) is 0 Å². The molecule has 1 unspecified atom stereocenters. The van der Waals surface area contributed by atoms with Gasteiger partial charge in [-0.3, -0.25) is 4.79 Å². The number of ketones is 1. The van der Waals surface area contributed by atoms with Gasteiger partial charge in [0.1, 0.15) is 0 Å². The fraction of sp³-hybridized carbons (Fsp3) is 0.125. The molecule has 1 heterocycles. The van der Waals surface area contributed by atoms with Crippen LogP contribution in [0.15, 0.2) is 54.6 Å². The molecule has 20 heavy (non-hydrogen) atoms. The van der Waals surface area contributed by atoms with Gasteiger partial charge in [-0.1, -0.05) is 54.6 Å². The number of hydrogen-bond acceptors (Lipinski definition) is 4. The minimum Gasteiger partial charge on any atom is -0.447 e. The predicted molar refractivity (Wildman–Crippen MR) is 71.7 cm³/mol. The van der Waals surface area contributed by atoms with Crippen molar-refractivity contribution >= 4 is 11.8 Å². The summed E-state index contributed by atoms with van der Waals surface area (Å²) in [4.78, 5) is 22.8. The van der Waals surface area contributed by atoms with Crippen LogP contribution in [-0.4, -0.2) is 23.0 Å². The highest BCUT2D eigenvalue weighted by Gasteiger charge is 2.42. The first kappa shape index (κ1) is 12.6. The Morgan fingerprint density at radius 1 is 0.850 bits per heavy atom. The molecular weight excluding hydrogens is 256 g/mol. The van der Waals surface area contributed by atoms with Gasteiger partial charge in [0.15, 0.2) is 6.10 Å². The summed E-state index contributed by atoms with van der Waals surface area (Å²) in [5, 5.41) is 9.31. The van der Waals surface area contributed by atoms with Crippen LogP contribution in [0.4, 0.5) is 0 Å². The number of ether oxygens (including phenoxy) is 1. The van der Waals surface area contributed by atoms with Crippen LogP contribution in [0.1, 0.15) is 11.7 Å². The predicted octanol–water partition coefficient (Wildman–Crippen LogP) is 1.88. The van der Waals surface area contributed by atoms with Gasteiger partial charge in [0.05, 0.1) is 0 Å². The van der Waals surface area contributed by atoms with Crippen LogP contribution in [0.25, 0.3) is 11.1 Å². The highest BCUT2D eigenvalue weighted by molar-refractivity contribution is 6.09. The highest BCUT2D eigenvalue weighted by atomic mass is 16.6. The van der Waals surface area contributed by atoms with Crippen molar-refractivity contribution in [3.8, 4) is 11.1 Å². The monoisotopic (exact) mass is 268 g/mol. The van der Waals surface area contributed by atoms with E-state index in [4.69, 9.17) is 4.74 Å². The van der Waals surface area contributed by atoms with Crippen molar-refractivity contribution in [2.45, 2.75) is 12.2 Å². The molecule has 0 amide bonds. The third kappa shape index (κ3) is 2.10. The fourth-order valence-electron chi connectivity index (χ4n) is 2.21. The summed E-state index contributed by atoms with van der Waals surface area (Å²) in [5.74, 6) is -1.49. The van der Waals surface area contributed by atoms with Gasteiger partial charge in [-0.05, 0) is 11.1 Å². The lowest BCUT2D eigenvalue weighted by Gasteiger charge is -2.09. The van der Waals surface area contributed by atoms with E-state index in [1.807, 2.05) is 42.5 Å². The Bertz CT molecular complexity index is 646. The molecule has 2 atom stereocenters. The average Bonchev–Trinajstić information content (AvgIpc) is 2.76. The Hall–Kier alpha value is -2.46. The van der Waals surface area contributed by atoms with Crippen molar-refractivity contribution < 1.29 is 19.4 Å². The molecule has 1 aliphatic rings. The fourth-order valence-corrected chi connectivity index (χ4v) is 2.21. The summed E-state index contributed by atoms with van der Waals surface area (Å²) < 4.78 is 4.88. The van der Waals surface area contributed by atoms with E-state index in [1.165, 1.54) is 0 Å². The number of carbonyl (C=O) groups excluding carboxylic acids is 2. The normalized spacial score (nSPS) is 21.9. The van der Waals surface area contributed by atoms with E-state index in [-0.39, 0.29) is 0 Å². The van der Waals surface area contributed by atoms with Gasteiger partial charge >= 0.3 is 5.97 Å². The Kier molecular flexibility index (Phi) is 3.08. The molecule has 4 nitrogen and oxygen atoms in total. The minimum absolute atomic E-state index is 0.569. The van der Waals surface area contributed by atoms with Crippen LogP contribution in [0, 0.1) is 0 Å². The van der Waals surface area contributed by atoms with E-state index in [0.717, 1.165) is 11.1 Å². The molecule has 0 aliphatic carbocycles. The van der Waals surface area contributed by atoms with Crippen LogP contribution >= 0.6 is 0 Å². The van der Waals surface area contributed by atoms with Gasteiger partial charge in [0.2, 0.25) is 11.9 Å². The SMILES string of the molecule is O=C1O[C@@H](c2ccc(-c3ccccc3)cc2)C(=O)C1O. The van der Waals surface area contributed by atoms with Crippen LogP contribution in [-0.2, 0) is 14.3 Å². The van der Waals surface area contributed by atoms with Gasteiger partial charge in [-0.25, -0.2) is 4.79 Å². The maximum Gasteiger partial charge on any atom is 0.344 e. The van der Waals surface area contributed by atoms with Crippen molar-refractivity contribution in [3.63, 3.8) is 0 Å². The quantitative estimate of drug-likeness (QED) is 0.667. The maximum absolute atomic E-state index is 11.7. The molecule has 0 radical (unpaired) electrons. The number of esters is 1. The van der Waals surface area contributed by atoms with E-state index in [2.05, 4.69) is 0 Å². The molecular formula is C16H12O4. The van der Waals surface area contributed by atoms with Crippen molar-refractivity contribution in [2.24, 2.45) is 0 Å². The Morgan fingerprint density at radius 3 is 2.00 bits per heavy atom. The number of aliphatic hydroxyl groups is 1. The third-order valence-electron chi connectivity index (χ3n) is 3.31. The largest absolute Gasteiger partial charge is 0.447 e. The molecule has 1 N–H and O–H groups in total. The van der Waals surface area contributed by atoms with E-state index in [9.17, 15) is 14.7 Å². The van der Waals surface area contributed by atoms with E-state index in [0.29, 0.717) is 5.56 Å². The Labute approximate surface area is 115 Å². The van der Waals surface area contributed by atoms with E-state index in [1.54, 1.807) is 12.1 Å². The second-order valence-electron chi connectivity index (χ2n) is 4.61. The zero-order valence-electron chi connectivity index (χ0n) is 10.5. The van der Waals surface area contributed by atoms with E-state index >= 15 is 0 Å². The lowest BCUT2D eigenvalue weighted by Crippen LogP contribution is -2.21. The number of aliphatic hydroxyl groups excluding tert-OH is 1. The molecule has 1 fully saturated rings. The molecule has 0 saturated carbocycles. The summed E-state index contributed by atoms with van der Waals surface area (Å²) in [6.07, 6.45) is -2.66. The molecule has 2 aromatic carbocycles. The summed E-state index contributed by atoms with van der Waals surface area (Å²) in [5.41, 5.74) is 2.64. The Balaban J connectivity index is 1.88. The van der Waals surface area contributed by atoms with Gasteiger partial charge in [0.25, 0.3) is 0 Å². The molecule has 100 valence electrons. The van der Waals surface area contributed by atoms with Crippen LogP contribution in [0.3, 0.4) is 0 Å². The number of Topliss-reactive ketones (excluding diaryl/α,β-unsaturated/α-hetero) is 1. The van der Waals surface area contributed by atoms with Crippen LogP contribution in [0.2, 0.25) is 0 Å². The number of carbonyl (C=O) groups is 2. The highest BCUT2D eigenvalue weighted by Crippen LogP contribution is 2.28. The zero-order chi connectivity index (χ0) is 14.1. The molecule has 4 heteroatoms. The lowest BCUT2D eigenvalue weighted by atomic mass is 10.00.